The number of hydrogen-bond donors (Lipinski definition) is 3. The lowest BCUT2D eigenvalue weighted by Crippen LogP contribution is -2.45. The third-order valence-electron chi connectivity index (χ3n) is 3.45. The van der Waals surface area contributed by atoms with Crippen molar-refractivity contribution in [2.45, 2.75) is 39.2 Å². The fourth-order valence-electron chi connectivity index (χ4n) is 1.88. The maximum Gasteiger partial charge on any atom is 0.326 e. The molecular weight excluding hydrogens is 304 g/mol. The summed E-state index contributed by atoms with van der Waals surface area (Å²) in [5.41, 5.74) is 0.608. The standard InChI is InChI=1S/C15H22N2O4S/c1-3-10(2)13(15(20)21)17-12(18)5-4-7-16-14(19)11-6-8-22-9-11/h6,8-10,13H,3-5,7H2,1-2H3,(H,16,19)(H,17,18)(H,20,21)/t10-,13-/m0/s1. The Morgan fingerprint density at radius 3 is 2.64 bits per heavy atom. The molecule has 1 aromatic rings. The zero-order chi connectivity index (χ0) is 16.5. The molecule has 0 fully saturated rings. The number of rotatable bonds is 9. The molecule has 0 unspecified atom stereocenters. The van der Waals surface area contributed by atoms with Gasteiger partial charge in [-0.2, -0.15) is 11.3 Å². The van der Waals surface area contributed by atoms with E-state index in [1.165, 1.54) is 11.3 Å². The molecule has 1 rings (SSSR count). The maximum absolute atomic E-state index is 11.8. The highest BCUT2D eigenvalue weighted by molar-refractivity contribution is 7.08. The lowest BCUT2D eigenvalue weighted by Gasteiger charge is -2.20. The summed E-state index contributed by atoms with van der Waals surface area (Å²) in [6, 6.07) is 0.869. The minimum Gasteiger partial charge on any atom is -0.480 e. The van der Waals surface area contributed by atoms with E-state index in [9.17, 15) is 14.4 Å². The van der Waals surface area contributed by atoms with Gasteiger partial charge in [0.2, 0.25) is 5.91 Å². The normalized spacial score (nSPS) is 13.2. The van der Waals surface area contributed by atoms with Crippen LogP contribution in [0.4, 0.5) is 0 Å². The molecule has 2 atom stereocenters. The van der Waals surface area contributed by atoms with Gasteiger partial charge in [0.15, 0.2) is 0 Å². The third kappa shape index (κ3) is 5.85. The van der Waals surface area contributed by atoms with E-state index in [0.29, 0.717) is 24.9 Å². The summed E-state index contributed by atoms with van der Waals surface area (Å²) in [5.74, 6) is -1.62. The van der Waals surface area contributed by atoms with Gasteiger partial charge in [-0.3, -0.25) is 9.59 Å². The first-order valence-corrected chi connectivity index (χ1v) is 8.22. The zero-order valence-corrected chi connectivity index (χ0v) is 13.6. The number of nitrogens with one attached hydrogen (secondary N) is 2. The molecule has 1 aromatic heterocycles. The second kappa shape index (κ2) is 9.19. The number of carbonyl (C=O) groups excluding carboxylic acids is 2. The molecule has 0 aliphatic heterocycles. The van der Waals surface area contributed by atoms with Crippen LogP contribution in [0.2, 0.25) is 0 Å². The topological polar surface area (TPSA) is 95.5 Å². The summed E-state index contributed by atoms with van der Waals surface area (Å²) in [6.07, 6.45) is 1.33. The molecule has 0 aliphatic rings. The number of carboxylic acid groups (broad SMARTS) is 1. The van der Waals surface area contributed by atoms with Gasteiger partial charge in [0.05, 0.1) is 0 Å². The van der Waals surface area contributed by atoms with E-state index in [0.717, 1.165) is 0 Å². The van der Waals surface area contributed by atoms with Crippen molar-refractivity contribution in [2.75, 3.05) is 6.54 Å². The number of hydrogen-bond acceptors (Lipinski definition) is 4. The predicted molar refractivity (Wildman–Crippen MR) is 84.9 cm³/mol. The average Bonchev–Trinajstić information content (AvgIpc) is 3.02. The molecule has 2 amide bonds. The van der Waals surface area contributed by atoms with Crippen molar-refractivity contribution in [3.8, 4) is 0 Å². The SMILES string of the molecule is CC[C@H](C)[C@H](NC(=O)CCCNC(=O)c1ccsc1)C(=O)O. The summed E-state index contributed by atoms with van der Waals surface area (Å²) in [4.78, 5) is 34.5. The van der Waals surface area contributed by atoms with Crippen LogP contribution in [0.15, 0.2) is 16.8 Å². The van der Waals surface area contributed by atoms with Crippen LogP contribution < -0.4 is 10.6 Å². The van der Waals surface area contributed by atoms with Gasteiger partial charge < -0.3 is 15.7 Å². The Morgan fingerprint density at radius 2 is 2.09 bits per heavy atom. The Morgan fingerprint density at radius 1 is 1.36 bits per heavy atom. The van der Waals surface area contributed by atoms with Gasteiger partial charge in [-0.05, 0) is 23.8 Å². The van der Waals surface area contributed by atoms with Gasteiger partial charge in [0.25, 0.3) is 5.91 Å². The highest BCUT2D eigenvalue weighted by atomic mass is 32.1. The Balaban J connectivity index is 2.28. The van der Waals surface area contributed by atoms with Crippen molar-refractivity contribution in [3.63, 3.8) is 0 Å². The molecule has 0 radical (unpaired) electrons. The molecule has 0 saturated heterocycles. The van der Waals surface area contributed by atoms with E-state index in [-0.39, 0.29) is 24.2 Å². The number of thiophene rings is 1. The average molecular weight is 326 g/mol. The smallest absolute Gasteiger partial charge is 0.326 e. The van der Waals surface area contributed by atoms with Crippen LogP contribution in [0, 0.1) is 5.92 Å². The third-order valence-corrected chi connectivity index (χ3v) is 4.13. The molecule has 1 heterocycles. The van der Waals surface area contributed by atoms with Crippen LogP contribution in [0.5, 0.6) is 0 Å². The summed E-state index contributed by atoms with van der Waals surface area (Å²) in [6.45, 7) is 4.05. The van der Waals surface area contributed by atoms with Crippen LogP contribution in [0.1, 0.15) is 43.5 Å². The van der Waals surface area contributed by atoms with Gasteiger partial charge in [-0.1, -0.05) is 20.3 Å². The van der Waals surface area contributed by atoms with Crippen molar-refractivity contribution in [2.24, 2.45) is 5.92 Å². The van der Waals surface area contributed by atoms with Crippen molar-refractivity contribution >= 4 is 29.1 Å². The molecule has 3 N–H and O–H groups in total. The lowest BCUT2D eigenvalue weighted by molar-refractivity contribution is -0.143. The minimum atomic E-state index is -1.02. The first-order valence-electron chi connectivity index (χ1n) is 7.28. The van der Waals surface area contributed by atoms with Crippen molar-refractivity contribution in [3.05, 3.63) is 22.4 Å². The Labute approximate surface area is 133 Å². The number of aliphatic carboxylic acids is 1. The molecule has 0 bridgehead atoms. The Hall–Kier alpha value is -1.89. The number of carbonyl (C=O) groups is 3. The molecule has 0 aromatic carbocycles. The maximum atomic E-state index is 11.8. The zero-order valence-electron chi connectivity index (χ0n) is 12.8. The second-order valence-electron chi connectivity index (χ2n) is 5.14. The summed E-state index contributed by atoms with van der Waals surface area (Å²) in [5, 5.41) is 17.9. The first-order chi connectivity index (χ1) is 10.5. The molecule has 7 heteroatoms. The highest BCUT2D eigenvalue weighted by Crippen LogP contribution is 2.08. The Kier molecular flexibility index (Phi) is 7.59. The fourth-order valence-corrected chi connectivity index (χ4v) is 2.51. The molecule has 0 saturated carbocycles. The van der Waals surface area contributed by atoms with Gasteiger partial charge in [-0.15, -0.1) is 0 Å². The minimum absolute atomic E-state index is 0.125. The quantitative estimate of drug-likeness (QED) is 0.604. The van der Waals surface area contributed by atoms with E-state index < -0.39 is 12.0 Å². The van der Waals surface area contributed by atoms with E-state index >= 15 is 0 Å². The predicted octanol–water partition coefficient (Wildman–Crippen LogP) is 1.87. The van der Waals surface area contributed by atoms with Gasteiger partial charge in [-0.25, -0.2) is 4.79 Å². The monoisotopic (exact) mass is 326 g/mol. The van der Waals surface area contributed by atoms with Crippen LogP contribution in [0.3, 0.4) is 0 Å². The summed E-state index contributed by atoms with van der Waals surface area (Å²) in [7, 11) is 0. The Bertz CT molecular complexity index is 502. The highest BCUT2D eigenvalue weighted by Gasteiger charge is 2.24. The molecule has 0 aliphatic carbocycles. The fraction of sp³-hybridized carbons (Fsp3) is 0.533. The van der Waals surface area contributed by atoms with Crippen LogP contribution >= 0.6 is 11.3 Å². The molecular formula is C15H22N2O4S. The molecule has 22 heavy (non-hydrogen) atoms. The molecule has 122 valence electrons. The largest absolute Gasteiger partial charge is 0.480 e. The number of amides is 2. The van der Waals surface area contributed by atoms with Crippen LogP contribution in [-0.4, -0.2) is 35.5 Å². The van der Waals surface area contributed by atoms with Crippen LogP contribution in [0.25, 0.3) is 0 Å². The van der Waals surface area contributed by atoms with E-state index in [2.05, 4.69) is 10.6 Å². The van der Waals surface area contributed by atoms with Crippen molar-refractivity contribution in [1.29, 1.82) is 0 Å². The lowest BCUT2D eigenvalue weighted by atomic mass is 9.99. The number of carboxylic acids is 1. The molecule has 0 spiro atoms. The van der Waals surface area contributed by atoms with E-state index in [1.54, 1.807) is 18.4 Å². The second-order valence-corrected chi connectivity index (χ2v) is 5.92. The van der Waals surface area contributed by atoms with E-state index in [4.69, 9.17) is 5.11 Å². The van der Waals surface area contributed by atoms with Crippen molar-refractivity contribution < 1.29 is 19.5 Å². The van der Waals surface area contributed by atoms with E-state index in [1.807, 2.05) is 12.3 Å². The van der Waals surface area contributed by atoms with Gasteiger partial charge in [0.1, 0.15) is 6.04 Å². The molecule has 6 nitrogen and oxygen atoms in total. The van der Waals surface area contributed by atoms with Gasteiger partial charge >= 0.3 is 5.97 Å². The summed E-state index contributed by atoms with van der Waals surface area (Å²) < 4.78 is 0. The van der Waals surface area contributed by atoms with Crippen molar-refractivity contribution in [1.82, 2.24) is 10.6 Å². The first kappa shape index (κ1) is 18.2. The summed E-state index contributed by atoms with van der Waals surface area (Å²) >= 11 is 1.45. The van der Waals surface area contributed by atoms with Gasteiger partial charge in [0, 0.05) is 23.9 Å². The van der Waals surface area contributed by atoms with Crippen LogP contribution in [-0.2, 0) is 9.59 Å².